The summed E-state index contributed by atoms with van der Waals surface area (Å²) in [5.74, 6) is 0.0347. The van der Waals surface area contributed by atoms with Crippen LogP contribution in [0.1, 0.15) is 5.69 Å². The van der Waals surface area contributed by atoms with Gasteiger partial charge < -0.3 is 5.73 Å². The zero-order valence-corrected chi connectivity index (χ0v) is 10.8. The molecule has 100 valence electrons. The zero-order valence-electron chi connectivity index (χ0n) is 10.0. The van der Waals surface area contributed by atoms with Crippen molar-refractivity contribution in [3.8, 4) is 0 Å². The number of anilines is 1. The molecule has 0 radical (unpaired) electrons. The van der Waals surface area contributed by atoms with Gasteiger partial charge in [0, 0.05) is 24.9 Å². The molecule has 0 spiro atoms. The molecule has 0 amide bonds. The Hall–Kier alpha value is -2.06. The summed E-state index contributed by atoms with van der Waals surface area (Å²) in [6, 6.07) is 5.49. The highest BCUT2D eigenvalue weighted by atomic mass is 32.2. The maximum Gasteiger partial charge on any atom is 0.243 e. The summed E-state index contributed by atoms with van der Waals surface area (Å²) in [5, 5.41) is 0. The van der Waals surface area contributed by atoms with Gasteiger partial charge in [0.1, 0.15) is 4.90 Å². The Morgan fingerprint density at radius 2 is 1.89 bits per heavy atom. The van der Waals surface area contributed by atoms with Crippen LogP contribution in [0.25, 0.3) is 0 Å². The van der Waals surface area contributed by atoms with Crippen LogP contribution in [0.5, 0.6) is 0 Å². The first-order chi connectivity index (χ1) is 9.08. The fourth-order valence-electron chi connectivity index (χ4n) is 1.41. The number of nitrogens with two attached hydrogens (primary N) is 1. The first kappa shape index (κ1) is 13.4. The molecule has 0 saturated heterocycles. The number of aromatic nitrogens is 3. The molecule has 0 fully saturated rings. The van der Waals surface area contributed by atoms with Crippen molar-refractivity contribution in [2.45, 2.75) is 11.3 Å². The van der Waals surface area contributed by atoms with E-state index >= 15 is 0 Å². The molecule has 8 heteroatoms. The highest BCUT2D eigenvalue weighted by molar-refractivity contribution is 7.89. The molecular formula is C11H13N5O2S. The van der Waals surface area contributed by atoms with Crippen LogP contribution < -0.4 is 10.5 Å². The molecule has 0 aromatic carbocycles. The molecule has 7 nitrogen and oxygen atoms in total. The Morgan fingerprint density at radius 3 is 2.53 bits per heavy atom. The van der Waals surface area contributed by atoms with Gasteiger partial charge in [-0.05, 0) is 12.1 Å². The van der Waals surface area contributed by atoms with Gasteiger partial charge in [-0.1, -0.05) is 6.07 Å². The minimum Gasteiger partial charge on any atom is -0.368 e. The summed E-state index contributed by atoms with van der Waals surface area (Å²) in [4.78, 5) is 11.4. The van der Waals surface area contributed by atoms with Crippen LogP contribution in [-0.2, 0) is 16.4 Å². The van der Waals surface area contributed by atoms with Gasteiger partial charge in [-0.25, -0.2) is 23.1 Å². The van der Waals surface area contributed by atoms with Gasteiger partial charge in [-0.3, -0.25) is 4.98 Å². The van der Waals surface area contributed by atoms with Crippen molar-refractivity contribution in [3.05, 3.63) is 42.5 Å². The van der Waals surface area contributed by atoms with Crippen LogP contribution in [0, 0.1) is 0 Å². The summed E-state index contributed by atoms with van der Waals surface area (Å²) < 4.78 is 26.2. The number of rotatable bonds is 5. The van der Waals surface area contributed by atoms with E-state index in [1.165, 1.54) is 12.4 Å². The topological polar surface area (TPSA) is 111 Å². The molecule has 0 aliphatic rings. The molecule has 2 aromatic rings. The molecule has 0 unspecified atom stereocenters. The molecular weight excluding hydrogens is 266 g/mol. The molecule has 2 heterocycles. The average molecular weight is 279 g/mol. The van der Waals surface area contributed by atoms with E-state index in [0.29, 0.717) is 6.42 Å². The third kappa shape index (κ3) is 3.70. The van der Waals surface area contributed by atoms with E-state index in [9.17, 15) is 8.42 Å². The van der Waals surface area contributed by atoms with Crippen LogP contribution in [0.15, 0.2) is 41.7 Å². The second-order valence-corrected chi connectivity index (χ2v) is 5.51. The zero-order chi connectivity index (χ0) is 13.7. The van der Waals surface area contributed by atoms with E-state index in [-0.39, 0.29) is 17.4 Å². The number of nitrogens with one attached hydrogen (secondary N) is 1. The van der Waals surface area contributed by atoms with E-state index in [2.05, 4.69) is 19.7 Å². The highest BCUT2D eigenvalue weighted by Gasteiger charge is 2.14. The van der Waals surface area contributed by atoms with Crippen molar-refractivity contribution >= 4 is 16.0 Å². The largest absolute Gasteiger partial charge is 0.368 e. The molecule has 0 bridgehead atoms. The maximum absolute atomic E-state index is 11.9. The second-order valence-electron chi connectivity index (χ2n) is 3.75. The minimum atomic E-state index is -3.61. The summed E-state index contributed by atoms with van der Waals surface area (Å²) in [6.07, 6.45) is 4.52. The minimum absolute atomic E-state index is 0.0114. The van der Waals surface area contributed by atoms with E-state index in [0.717, 1.165) is 5.69 Å². The van der Waals surface area contributed by atoms with E-state index < -0.39 is 10.0 Å². The first-order valence-corrected chi connectivity index (χ1v) is 7.03. The Morgan fingerprint density at radius 1 is 1.16 bits per heavy atom. The lowest BCUT2D eigenvalue weighted by molar-refractivity contribution is 0.580. The fourth-order valence-corrected chi connectivity index (χ4v) is 2.33. The highest BCUT2D eigenvalue weighted by Crippen LogP contribution is 2.05. The second kappa shape index (κ2) is 5.72. The summed E-state index contributed by atoms with van der Waals surface area (Å²) in [7, 11) is -3.61. The van der Waals surface area contributed by atoms with Gasteiger partial charge >= 0.3 is 0 Å². The van der Waals surface area contributed by atoms with Crippen LogP contribution in [-0.4, -0.2) is 29.9 Å². The van der Waals surface area contributed by atoms with Gasteiger partial charge in [0.05, 0.1) is 12.4 Å². The molecule has 2 aromatic heterocycles. The fraction of sp³-hybridized carbons (Fsp3) is 0.182. The van der Waals surface area contributed by atoms with Gasteiger partial charge in [0.15, 0.2) is 0 Å². The van der Waals surface area contributed by atoms with E-state index in [4.69, 9.17) is 5.73 Å². The number of hydrogen-bond donors (Lipinski definition) is 2. The molecule has 0 atom stereocenters. The SMILES string of the molecule is Nc1ncc(S(=O)(=O)NCCc2ccccn2)cn1. The van der Waals surface area contributed by atoms with Crippen molar-refractivity contribution in [1.82, 2.24) is 19.7 Å². The third-order valence-electron chi connectivity index (χ3n) is 2.36. The van der Waals surface area contributed by atoms with Crippen molar-refractivity contribution in [2.75, 3.05) is 12.3 Å². The lowest BCUT2D eigenvalue weighted by atomic mass is 10.3. The van der Waals surface area contributed by atoms with E-state index in [1.807, 2.05) is 12.1 Å². The van der Waals surface area contributed by atoms with Crippen LogP contribution in [0.2, 0.25) is 0 Å². The number of nitrogens with zero attached hydrogens (tertiary/aromatic N) is 3. The van der Waals surface area contributed by atoms with Gasteiger partial charge in [-0.2, -0.15) is 0 Å². The molecule has 0 aliphatic carbocycles. The molecule has 2 rings (SSSR count). The van der Waals surface area contributed by atoms with Crippen molar-refractivity contribution in [2.24, 2.45) is 0 Å². The molecule has 0 aliphatic heterocycles. The quantitative estimate of drug-likeness (QED) is 0.795. The summed E-state index contributed by atoms with van der Waals surface area (Å²) >= 11 is 0. The van der Waals surface area contributed by atoms with E-state index in [1.54, 1.807) is 12.3 Å². The average Bonchev–Trinajstić information content (AvgIpc) is 2.40. The third-order valence-corrected chi connectivity index (χ3v) is 3.77. The standard InChI is InChI=1S/C11H13N5O2S/c12-11-14-7-10(8-15-11)19(17,18)16-6-4-9-3-1-2-5-13-9/h1-3,5,7-8,16H,4,6H2,(H2,12,14,15). The monoisotopic (exact) mass is 279 g/mol. The van der Waals surface area contributed by atoms with Crippen molar-refractivity contribution < 1.29 is 8.42 Å². The number of hydrogen-bond acceptors (Lipinski definition) is 6. The van der Waals surface area contributed by atoms with Gasteiger partial charge in [0.2, 0.25) is 16.0 Å². The maximum atomic E-state index is 11.9. The first-order valence-electron chi connectivity index (χ1n) is 5.55. The van der Waals surface area contributed by atoms with Crippen molar-refractivity contribution in [1.29, 1.82) is 0 Å². The lowest BCUT2D eigenvalue weighted by Crippen LogP contribution is -2.26. The Balaban J connectivity index is 1.97. The Bertz CT molecular complexity index is 628. The molecule has 3 N–H and O–H groups in total. The predicted molar refractivity (Wildman–Crippen MR) is 69.6 cm³/mol. The Labute approximate surface area is 111 Å². The van der Waals surface area contributed by atoms with Gasteiger partial charge in [0.25, 0.3) is 0 Å². The summed E-state index contributed by atoms with van der Waals surface area (Å²) in [5.41, 5.74) is 6.12. The van der Waals surface area contributed by atoms with Crippen LogP contribution >= 0.6 is 0 Å². The normalized spacial score (nSPS) is 11.4. The molecule has 0 saturated carbocycles. The van der Waals surface area contributed by atoms with Crippen LogP contribution in [0.3, 0.4) is 0 Å². The van der Waals surface area contributed by atoms with Gasteiger partial charge in [-0.15, -0.1) is 0 Å². The molecule has 19 heavy (non-hydrogen) atoms. The Kier molecular flexibility index (Phi) is 4.03. The predicted octanol–water partition coefficient (Wildman–Crippen LogP) is -0.0252. The summed E-state index contributed by atoms with van der Waals surface area (Å²) in [6.45, 7) is 0.254. The number of sulfonamides is 1. The van der Waals surface area contributed by atoms with Crippen molar-refractivity contribution in [3.63, 3.8) is 0 Å². The number of pyridine rings is 1. The van der Waals surface area contributed by atoms with Crippen LogP contribution in [0.4, 0.5) is 5.95 Å². The number of nitrogen functional groups attached to an aromatic ring is 1. The smallest absolute Gasteiger partial charge is 0.243 e. The lowest BCUT2D eigenvalue weighted by Gasteiger charge is -2.05.